The molecule has 0 spiro atoms. The molecule has 0 saturated heterocycles. The average Bonchev–Trinajstić information content (AvgIpc) is 2.19. The van der Waals surface area contributed by atoms with Crippen molar-refractivity contribution in [2.24, 2.45) is 11.1 Å². The zero-order valence-corrected chi connectivity index (χ0v) is 11.3. The fourth-order valence-electron chi connectivity index (χ4n) is 1.22. The molecule has 0 fully saturated rings. The third-order valence-corrected chi connectivity index (χ3v) is 3.49. The maximum atomic E-state index is 12.2. The first-order chi connectivity index (χ1) is 7.64. The van der Waals surface area contributed by atoms with Gasteiger partial charge in [0.15, 0.2) is 0 Å². The average molecular weight is 234 g/mol. The maximum Gasteiger partial charge on any atom is 0.231 e. The van der Waals surface area contributed by atoms with Crippen LogP contribution in [-0.4, -0.2) is 11.4 Å². The molecule has 3 nitrogen and oxygen atoms in total. The highest BCUT2D eigenvalue weighted by atomic mass is 16.2. The molecule has 1 aromatic carbocycles. The second-order valence-electron chi connectivity index (χ2n) is 5.67. The van der Waals surface area contributed by atoms with E-state index >= 15 is 0 Å². The van der Waals surface area contributed by atoms with Gasteiger partial charge in [0.2, 0.25) is 5.91 Å². The van der Waals surface area contributed by atoms with E-state index in [0.717, 1.165) is 5.69 Å². The van der Waals surface area contributed by atoms with Crippen LogP contribution in [0.4, 0.5) is 5.69 Å². The Hall–Kier alpha value is -1.35. The molecule has 0 aromatic heterocycles. The molecule has 1 rings (SSSR count). The van der Waals surface area contributed by atoms with Gasteiger partial charge in [-0.1, -0.05) is 17.7 Å². The summed E-state index contributed by atoms with van der Waals surface area (Å²) in [6.45, 7) is 9.45. The number of carbonyl (C=O) groups excluding carboxylic acids is 1. The van der Waals surface area contributed by atoms with Crippen LogP contribution in [0, 0.1) is 12.3 Å². The van der Waals surface area contributed by atoms with Crippen molar-refractivity contribution in [3.63, 3.8) is 0 Å². The van der Waals surface area contributed by atoms with E-state index in [2.05, 4.69) is 5.32 Å². The second kappa shape index (κ2) is 4.49. The van der Waals surface area contributed by atoms with Gasteiger partial charge in [0.25, 0.3) is 0 Å². The van der Waals surface area contributed by atoms with Crippen LogP contribution in [0.5, 0.6) is 0 Å². The van der Waals surface area contributed by atoms with Crippen LogP contribution < -0.4 is 11.1 Å². The van der Waals surface area contributed by atoms with E-state index in [1.807, 2.05) is 58.9 Å². The van der Waals surface area contributed by atoms with E-state index < -0.39 is 11.0 Å². The van der Waals surface area contributed by atoms with Crippen LogP contribution in [0.3, 0.4) is 0 Å². The first-order valence-corrected chi connectivity index (χ1v) is 5.81. The minimum Gasteiger partial charge on any atom is -0.326 e. The number of benzene rings is 1. The highest BCUT2D eigenvalue weighted by Gasteiger charge is 2.40. The summed E-state index contributed by atoms with van der Waals surface area (Å²) >= 11 is 0. The van der Waals surface area contributed by atoms with Crippen molar-refractivity contribution in [2.75, 3.05) is 5.32 Å². The number of rotatable bonds is 3. The largest absolute Gasteiger partial charge is 0.326 e. The number of amides is 1. The minimum absolute atomic E-state index is 0.0612. The van der Waals surface area contributed by atoms with E-state index in [9.17, 15) is 4.79 Å². The van der Waals surface area contributed by atoms with Crippen molar-refractivity contribution in [3.05, 3.63) is 29.8 Å². The van der Waals surface area contributed by atoms with Gasteiger partial charge in [-0.2, -0.15) is 0 Å². The molecule has 0 aliphatic heterocycles. The first kappa shape index (κ1) is 13.7. The van der Waals surface area contributed by atoms with Gasteiger partial charge in [0.1, 0.15) is 0 Å². The SMILES string of the molecule is Cc1ccc(NC(=O)C(C)(C)C(C)(C)N)cc1. The molecule has 94 valence electrons. The maximum absolute atomic E-state index is 12.2. The lowest BCUT2D eigenvalue weighted by Gasteiger charge is -2.36. The normalized spacial score (nSPS) is 12.4. The summed E-state index contributed by atoms with van der Waals surface area (Å²) in [5.74, 6) is -0.0612. The van der Waals surface area contributed by atoms with Crippen molar-refractivity contribution in [3.8, 4) is 0 Å². The van der Waals surface area contributed by atoms with Gasteiger partial charge in [-0.3, -0.25) is 4.79 Å². The zero-order chi connectivity index (χ0) is 13.3. The highest BCUT2D eigenvalue weighted by molar-refractivity contribution is 5.95. The fraction of sp³-hybridized carbons (Fsp3) is 0.500. The van der Waals surface area contributed by atoms with Gasteiger partial charge in [0.05, 0.1) is 5.41 Å². The van der Waals surface area contributed by atoms with E-state index in [0.29, 0.717) is 0 Å². The number of hydrogen-bond acceptors (Lipinski definition) is 2. The van der Waals surface area contributed by atoms with Crippen LogP contribution in [0.2, 0.25) is 0 Å². The van der Waals surface area contributed by atoms with Crippen LogP contribution in [0.25, 0.3) is 0 Å². The Balaban J connectivity index is 2.83. The van der Waals surface area contributed by atoms with Crippen molar-refractivity contribution >= 4 is 11.6 Å². The van der Waals surface area contributed by atoms with E-state index in [1.165, 1.54) is 5.56 Å². The summed E-state index contributed by atoms with van der Waals surface area (Å²) in [6.07, 6.45) is 0. The molecule has 1 aromatic rings. The molecule has 0 radical (unpaired) electrons. The van der Waals surface area contributed by atoms with Gasteiger partial charge in [-0.15, -0.1) is 0 Å². The summed E-state index contributed by atoms with van der Waals surface area (Å²) < 4.78 is 0. The Bertz CT molecular complexity index is 399. The Morgan fingerprint density at radius 2 is 1.59 bits per heavy atom. The topological polar surface area (TPSA) is 55.1 Å². The lowest BCUT2D eigenvalue weighted by molar-refractivity contribution is -0.126. The van der Waals surface area contributed by atoms with Crippen molar-refractivity contribution in [1.29, 1.82) is 0 Å². The van der Waals surface area contributed by atoms with Gasteiger partial charge in [0, 0.05) is 11.2 Å². The molecule has 17 heavy (non-hydrogen) atoms. The Morgan fingerprint density at radius 3 is 2.00 bits per heavy atom. The van der Waals surface area contributed by atoms with E-state index in [4.69, 9.17) is 5.73 Å². The number of aryl methyl sites for hydroxylation is 1. The number of nitrogens with two attached hydrogens (primary N) is 1. The number of carbonyl (C=O) groups is 1. The van der Waals surface area contributed by atoms with Crippen LogP contribution in [-0.2, 0) is 4.79 Å². The third-order valence-electron chi connectivity index (χ3n) is 3.49. The van der Waals surface area contributed by atoms with Crippen molar-refractivity contribution in [1.82, 2.24) is 0 Å². The standard InChI is InChI=1S/C14H22N2O/c1-10-6-8-11(9-7-10)16-12(17)13(2,3)14(4,5)15/h6-9H,15H2,1-5H3,(H,16,17). The van der Waals surface area contributed by atoms with Crippen LogP contribution in [0.1, 0.15) is 33.3 Å². The minimum atomic E-state index is -0.627. The predicted octanol–water partition coefficient (Wildman–Crippen LogP) is 2.70. The molecule has 0 bridgehead atoms. The van der Waals surface area contributed by atoms with Gasteiger partial charge < -0.3 is 11.1 Å². The van der Waals surface area contributed by atoms with Gasteiger partial charge >= 0.3 is 0 Å². The Kier molecular flexibility index (Phi) is 3.62. The lowest BCUT2D eigenvalue weighted by atomic mass is 9.74. The second-order valence-corrected chi connectivity index (χ2v) is 5.67. The van der Waals surface area contributed by atoms with Crippen molar-refractivity contribution in [2.45, 2.75) is 40.2 Å². The molecule has 0 saturated carbocycles. The Labute approximate surface area is 103 Å². The molecular formula is C14H22N2O. The summed E-state index contributed by atoms with van der Waals surface area (Å²) in [5.41, 5.74) is 6.81. The first-order valence-electron chi connectivity index (χ1n) is 5.81. The monoisotopic (exact) mass is 234 g/mol. The molecule has 0 aliphatic rings. The number of anilines is 1. The molecular weight excluding hydrogens is 212 g/mol. The molecule has 3 N–H and O–H groups in total. The van der Waals surface area contributed by atoms with E-state index in [1.54, 1.807) is 0 Å². The molecule has 3 heteroatoms. The quantitative estimate of drug-likeness (QED) is 0.844. The summed E-state index contributed by atoms with van der Waals surface area (Å²) in [4.78, 5) is 12.2. The Morgan fingerprint density at radius 1 is 1.12 bits per heavy atom. The third kappa shape index (κ3) is 3.07. The molecule has 0 unspecified atom stereocenters. The number of hydrogen-bond donors (Lipinski definition) is 2. The highest BCUT2D eigenvalue weighted by Crippen LogP contribution is 2.29. The fourth-order valence-corrected chi connectivity index (χ4v) is 1.22. The summed E-state index contributed by atoms with van der Waals surface area (Å²) in [6, 6.07) is 7.73. The lowest BCUT2D eigenvalue weighted by Crippen LogP contribution is -2.53. The predicted molar refractivity (Wildman–Crippen MR) is 71.9 cm³/mol. The smallest absolute Gasteiger partial charge is 0.231 e. The van der Waals surface area contributed by atoms with Crippen LogP contribution in [0.15, 0.2) is 24.3 Å². The van der Waals surface area contributed by atoms with Gasteiger partial charge in [-0.25, -0.2) is 0 Å². The van der Waals surface area contributed by atoms with Crippen LogP contribution >= 0.6 is 0 Å². The molecule has 0 heterocycles. The van der Waals surface area contributed by atoms with Gasteiger partial charge in [-0.05, 0) is 46.8 Å². The molecule has 0 aliphatic carbocycles. The summed E-state index contributed by atoms with van der Waals surface area (Å²) in [5, 5.41) is 2.90. The van der Waals surface area contributed by atoms with E-state index in [-0.39, 0.29) is 5.91 Å². The zero-order valence-electron chi connectivity index (χ0n) is 11.3. The molecule has 1 amide bonds. The number of nitrogens with one attached hydrogen (secondary N) is 1. The summed E-state index contributed by atoms with van der Waals surface area (Å²) in [7, 11) is 0. The van der Waals surface area contributed by atoms with Crippen molar-refractivity contribution < 1.29 is 4.79 Å². The molecule has 0 atom stereocenters.